The van der Waals surface area contributed by atoms with Crippen molar-refractivity contribution >= 4 is 5.97 Å². The lowest BCUT2D eigenvalue weighted by Crippen LogP contribution is -2.46. The normalized spacial score (nSPS) is 34.0. The Kier molecular flexibility index (Phi) is 3.85. The molecular formula is C13H23NO2. The lowest BCUT2D eigenvalue weighted by molar-refractivity contribution is -0.146. The maximum Gasteiger partial charge on any atom is 0.323 e. The summed E-state index contributed by atoms with van der Waals surface area (Å²) in [5.74, 6) is 1.66. The van der Waals surface area contributed by atoms with Gasteiger partial charge in [0.15, 0.2) is 0 Å². The van der Waals surface area contributed by atoms with E-state index in [4.69, 9.17) is 4.74 Å². The van der Waals surface area contributed by atoms with Crippen LogP contribution in [-0.2, 0) is 9.53 Å². The molecule has 0 aromatic carbocycles. The highest BCUT2D eigenvalue weighted by molar-refractivity contribution is 5.75. The van der Waals surface area contributed by atoms with Crippen LogP contribution >= 0.6 is 0 Å². The summed E-state index contributed by atoms with van der Waals surface area (Å²) < 4.78 is 5.08. The van der Waals surface area contributed by atoms with E-state index in [0.717, 1.165) is 18.3 Å². The lowest BCUT2D eigenvalue weighted by Gasteiger charge is -2.27. The van der Waals surface area contributed by atoms with E-state index in [2.05, 4.69) is 5.32 Å². The number of fused-ring (bicyclic) bond motifs is 2. The van der Waals surface area contributed by atoms with Gasteiger partial charge in [-0.05, 0) is 44.4 Å². The van der Waals surface area contributed by atoms with Gasteiger partial charge in [0.05, 0.1) is 6.61 Å². The molecule has 0 heterocycles. The lowest BCUT2D eigenvalue weighted by atomic mass is 9.94. The smallest absolute Gasteiger partial charge is 0.323 e. The molecule has 0 aromatic rings. The summed E-state index contributed by atoms with van der Waals surface area (Å²) >= 11 is 0. The number of carbonyl (C=O) groups excluding carboxylic acids is 1. The van der Waals surface area contributed by atoms with Crippen LogP contribution in [0.4, 0.5) is 0 Å². The van der Waals surface area contributed by atoms with Crippen LogP contribution in [0.2, 0.25) is 0 Å². The van der Waals surface area contributed by atoms with E-state index >= 15 is 0 Å². The van der Waals surface area contributed by atoms with Crippen molar-refractivity contribution in [3.8, 4) is 0 Å². The van der Waals surface area contributed by atoms with Gasteiger partial charge < -0.3 is 10.1 Å². The van der Waals surface area contributed by atoms with Crippen molar-refractivity contribution in [2.75, 3.05) is 6.61 Å². The molecule has 16 heavy (non-hydrogen) atoms. The van der Waals surface area contributed by atoms with Gasteiger partial charge in [-0.3, -0.25) is 4.79 Å². The number of nitrogens with one attached hydrogen (secondary N) is 1. The van der Waals surface area contributed by atoms with Crippen LogP contribution in [0.3, 0.4) is 0 Å². The van der Waals surface area contributed by atoms with Crippen molar-refractivity contribution in [3.63, 3.8) is 0 Å². The number of hydrogen-bond acceptors (Lipinski definition) is 3. The summed E-state index contributed by atoms with van der Waals surface area (Å²) in [4.78, 5) is 11.7. The highest BCUT2D eigenvalue weighted by Gasteiger charge is 2.40. The molecule has 0 radical (unpaired) electrons. The quantitative estimate of drug-likeness (QED) is 0.728. The molecule has 92 valence electrons. The van der Waals surface area contributed by atoms with Crippen molar-refractivity contribution in [2.45, 2.75) is 58.0 Å². The molecule has 2 rings (SSSR count). The predicted octanol–water partition coefficient (Wildman–Crippen LogP) is 2.11. The van der Waals surface area contributed by atoms with Gasteiger partial charge in [0.1, 0.15) is 6.04 Å². The van der Waals surface area contributed by atoms with Gasteiger partial charge in [0.2, 0.25) is 0 Å². The zero-order valence-electron chi connectivity index (χ0n) is 10.4. The van der Waals surface area contributed by atoms with E-state index in [1.165, 1.54) is 25.7 Å². The zero-order chi connectivity index (χ0) is 11.5. The molecule has 2 aliphatic carbocycles. The average molecular weight is 225 g/mol. The Morgan fingerprint density at radius 1 is 1.38 bits per heavy atom. The van der Waals surface area contributed by atoms with Crippen LogP contribution in [0.5, 0.6) is 0 Å². The summed E-state index contributed by atoms with van der Waals surface area (Å²) in [7, 11) is 0. The van der Waals surface area contributed by atoms with Crippen molar-refractivity contribution in [3.05, 3.63) is 0 Å². The van der Waals surface area contributed by atoms with Gasteiger partial charge in [0.25, 0.3) is 0 Å². The van der Waals surface area contributed by atoms with E-state index in [9.17, 15) is 4.79 Å². The van der Waals surface area contributed by atoms with Crippen LogP contribution in [0.25, 0.3) is 0 Å². The van der Waals surface area contributed by atoms with Gasteiger partial charge in [-0.15, -0.1) is 0 Å². The Morgan fingerprint density at radius 3 is 2.69 bits per heavy atom. The Labute approximate surface area is 97.9 Å². The molecule has 4 unspecified atom stereocenters. The van der Waals surface area contributed by atoms with Crippen LogP contribution in [0, 0.1) is 11.8 Å². The second-order valence-electron chi connectivity index (χ2n) is 5.16. The molecule has 0 aliphatic heterocycles. The van der Waals surface area contributed by atoms with Crippen molar-refractivity contribution in [1.29, 1.82) is 0 Å². The molecule has 0 aromatic heterocycles. The largest absolute Gasteiger partial charge is 0.465 e. The molecule has 2 aliphatic rings. The van der Waals surface area contributed by atoms with E-state index in [-0.39, 0.29) is 12.0 Å². The number of rotatable bonds is 5. The number of carbonyl (C=O) groups is 1. The molecule has 3 heteroatoms. The third-order valence-corrected chi connectivity index (χ3v) is 4.13. The molecule has 1 N–H and O–H groups in total. The molecule has 0 spiro atoms. The van der Waals surface area contributed by atoms with Gasteiger partial charge in [-0.1, -0.05) is 13.3 Å². The van der Waals surface area contributed by atoms with Crippen molar-refractivity contribution in [2.24, 2.45) is 11.8 Å². The molecule has 2 saturated carbocycles. The van der Waals surface area contributed by atoms with Gasteiger partial charge >= 0.3 is 5.97 Å². The Morgan fingerprint density at radius 2 is 2.19 bits per heavy atom. The minimum Gasteiger partial charge on any atom is -0.465 e. The molecule has 0 saturated heterocycles. The summed E-state index contributed by atoms with van der Waals surface area (Å²) in [5.41, 5.74) is 0. The fourth-order valence-electron chi connectivity index (χ4n) is 3.30. The SMILES string of the molecule is CCOC(=O)C(CC)NC1CC2CCC1C2. The molecular weight excluding hydrogens is 202 g/mol. The van der Waals surface area contributed by atoms with Crippen molar-refractivity contribution < 1.29 is 9.53 Å². The molecule has 2 bridgehead atoms. The minimum absolute atomic E-state index is 0.0761. The number of hydrogen-bond donors (Lipinski definition) is 1. The monoisotopic (exact) mass is 225 g/mol. The molecule has 0 amide bonds. The molecule has 4 atom stereocenters. The van der Waals surface area contributed by atoms with Gasteiger partial charge in [-0.25, -0.2) is 0 Å². The third kappa shape index (κ3) is 2.40. The highest BCUT2D eigenvalue weighted by Crippen LogP contribution is 2.44. The maximum absolute atomic E-state index is 11.7. The Bertz CT molecular complexity index is 254. The van der Waals surface area contributed by atoms with E-state index in [1.807, 2.05) is 13.8 Å². The first kappa shape index (κ1) is 11.9. The molecule has 3 nitrogen and oxygen atoms in total. The van der Waals surface area contributed by atoms with E-state index < -0.39 is 0 Å². The van der Waals surface area contributed by atoms with Crippen LogP contribution in [-0.4, -0.2) is 24.7 Å². The molecule has 2 fully saturated rings. The van der Waals surface area contributed by atoms with Gasteiger partial charge in [-0.2, -0.15) is 0 Å². The highest BCUT2D eigenvalue weighted by atomic mass is 16.5. The Hall–Kier alpha value is -0.570. The van der Waals surface area contributed by atoms with Crippen LogP contribution in [0.15, 0.2) is 0 Å². The second kappa shape index (κ2) is 5.17. The minimum atomic E-state index is -0.0932. The standard InChI is InChI=1S/C13H23NO2/c1-3-11(13(15)16-4-2)14-12-8-9-5-6-10(12)7-9/h9-12,14H,3-8H2,1-2H3. The van der Waals surface area contributed by atoms with E-state index in [0.29, 0.717) is 12.6 Å². The number of ether oxygens (including phenoxy) is 1. The number of esters is 1. The maximum atomic E-state index is 11.7. The summed E-state index contributed by atoms with van der Waals surface area (Å²) in [6, 6.07) is 0.470. The van der Waals surface area contributed by atoms with Crippen LogP contribution in [0.1, 0.15) is 46.0 Å². The Balaban J connectivity index is 1.84. The summed E-state index contributed by atoms with van der Waals surface area (Å²) in [6.07, 6.45) is 6.21. The first-order valence-corrected chi connectivity index (χ1v) is 6.67. The zero-order valence-corrected chi connectivity index (χ0v) is 10.4. The van der Waals surface area contributed by atoms with E-state index in [1.54, 1.807) is 0 Å². The fourth-order valence-corrected chi connectivity index (χ4v) is 3.30. The fraction of sp³-hybridized carbons (Fsp3) is 0.923. The second-order valence-corrected chi connectivity index (χ2v) is 5.16. The van der Waals surface area contributed by atoms with Crippen molar-refractivity contribution in [1.82, 2.24) is 5.32 Å². The third-order valence-electron chi connectivity index (χ3n) is 4.13. The van der Waals surface area contributed by atoms with Crippen LogP contribution < -0.4 is 5.32 Å². The first-order valence-electron chi connectivity index (χ1n) is 6.67. The first-order chi connectivity index (χ1) is 7.74. The topological polar surface area (TPSA) is 38.3 Å². The van der Waals surface area contributed by atoms with Gasteiger partial charge in [0, 0.05) is 6.04 Å². The summed E-state index contributed by atoms with van der Waals surface area (Å²) in [5, 5.41) is 3.51. The summed E-state index contributed by atoms with van der Waals surface area (Å²) in [6.45, 7) is 4.39. The predicted molar refractivity (Wildman–Crippen MR) is 63.1 cm³/mol. The average Bonchev–Trinajstić information content (AvgIpc) is 2.87.